The van der Waals surface area contributed by atoms with E-state index >= 15 is 0 Å². The molecule has 0 heteroatoms. The zero-order chi connectivity index (χ0) is 7.44. The molecule has 0 fully saturated rings. The van der Waals surface area contributed by atoms with Gasteiger partial charge in [0.25, 0.3) is 0 Å². The van der Waals surface area contributed by atoms with Crippen LogP contribution in [0.1, 0.15) is 34.1 Å². The topological polar surface area (TPSA) is 0 Å². The summed E-state index contributed by atoms with van der Waals surface area (Å²) in [7, 11) is 0. The quantitative estimate of drug-likeness (QED) is 0.495. The van der Waals surface area contributed by atoms with Crippen LogP contribution in [0.5, 0.6) is 0 Å². The Morgan fingerprint density at radius 1 is 1.22 bits per heavy atom. The van der Waals surface area contributed by atoms with Gasteiger partial charge in [0.05, 0.1) is 0 Å². The second kappa shape index (κ2) is 3.49. The summed E-state index contributed by atoms with van der Waals surface area (Å²) in [6.07, 6.45) is 1.07. The summed E-state index contributed by atoms with van der Waals surface area (Å²) in [4.78, 5) is 0. The molecule has 0 atom stereocenters. The van der Waals surface area contributed by atoms with Crippen molar-refractivity contribution < 1.29 is 0 Å². The average Bonchev–Trinajstić information content (AvgIpc) is 1.84. The van der Waals surface area contributed by atoms with Crippen LogP contribution in [0.4, 0.5) is 0 Å². The summed E-state index contributed by atoms with van der Waals surface area (Å²) in [5, 5.41) is 0. The molecular formula is C9H16. The number of rotatable bonds is 2. The van der Waals surface area contributed by atoms with Gasteiger partial charge in [0.1, 0.15) is 0 Å². The van der Waals surface area contributed by atoms with Crippen LogP contribution in [0.2, 0.25) is 0 Å². The molecule has 0 radical (unpaired) electrons. The molecule has 9 heavy (non-hydrogen) atoms. The third-order valence-corrected chi connectivity index (χ3v) is 1.71. The van der Waals surface area contributed by atoms with E-state index in [4.69, 9.17) is 0 Å². The van der Waals surface area contributed by atoms with Crippen molar-refractivity contribution in [3.63, 3.8) is 0 Å². The number of hydrogen-bond donors (Lipinski definition) is 0. The summed E-state index contributed by atoms with van der Waals surface area (Å²) in [6.45, 7) is 12.4. The molecule has 0 aromatic heterocycles. The van der Waals surface area contributed by atoms with Crippen LogP contribution in [0.25, 0.3) is 0 Å². The fourth-order valence-corrected chi connectivity index (χ4v) is 0.619. The molecule has 0 N–H and O–H groups in total. The molecule has 52 valence electrons. The van der Waals surface area contributed by atoms with Crippen LogP contribution in [0.3, 0.4) is 0 Å². The molecule has 0 rings (SSSR count). The van der Waals surface area contributed by atoms with E-state index in [0.29, 0.717) is 0 Å². The SMILES string of the molecule is C=C(CC)C(C)=C(C)C. The maximum Gasteiger partial charge on any atom is -0.0311 e. The molecule has 0 heterocycles. The highest BCUT2D eigenvalue weighted by Gasteiger charge is 1.93. The van der Waals surface area contributed by atoms with Crippen LogP contribution < -0.4 is 0 Å². The average molecular weight is 124 g/mol. The van der Waals surface area contributed by atoms with Crippen molar-refractivity contribution in [1.29, 1.82) is 0 Å². The molecule has 0 aromatic carbocycles. The van der Waals surface area contributed by atoms with E-state index in [1.165, 1.54) is 16.7 Å². The molecule has 0 saturated carbocycles. The first-order valence-electron chi connectivity index (χ1n) is 3.41. The summed E-state index contributed by atoms with van der Waals surface area (Å²) in [5.74, 6) is 0. The van der Waals surface area contributed by atoms with E-state index in [9.17, 15) is 0 Å². The minimum atomic E-state index is 1.07. The second-order valence-electron chi connectivity index (χ2n) is 2.58. The van der Waals surface area contributed by atoms with Crippen LogP contribution in [0.15, 0.2) is 23.3 Å². The smallest absolute Gasteiger partial charge is 0.0311 e. The van der Waals surface area contributed by atoms with Gasteiger partial charge in [-0.05, 0) is 32.8 Å². The lowest BCUT2D eigenvalue weighted by Gasteiger charge is -2.03. The Bertz CT molecular complexity index is 134. The lowest BCUT2D eigenvalue weighted by molar-refractivity contribution is 1.09. The van der Waals surface area contributed by atoms with Gasteiger partial charge in [0, 0.05) is 0 Å². The lowest BCUT2D eigenvalue weighted by atomic mass is 10.0. The van der Waals surface area contributed by atoms with E-state index in [-0.39, 0.29) is 0 Å². The summed E-state index contributed by atoms with van der Waals surface area (Å²) in [5.41, 5.74) is 3.99. The zero-order valence-corrected chi connectivity index (χ0v) is 6.91. The van der Waals surface area contributed by atoms with Gasteiger partial charge in [-0.25, -0.2) is 0 Å². The molecule has 0 nitrogen and oxygen atoms in total. The summed E-state index contributed by atoms with van der Waals surface area (Å²) >= 11 is 0. The highest BCUT2D eigenvalue weighted by molar-refractivity contribution is 5.29. The molecule has 0 bridgehead atoms. The maximum atomic E-state index is 3.94. The van der Waals surface area contributed by atoms with E-state index in [2.05, 4.69) is 34.3 Å². The standard InChI is InChI=1S/C9H16/c1-6-8(4)9(5)7(2)3/h4,6H2,1-3,5H3. The molecule has 0 aliphatic heterocycles. The molecule has 0 unspecified atom stereocenters. The first-order chi connectivity index (χ1) is 4.09. The second-order valence-corrected chi connectivity index (χ2v) is 2.58. The first-order valence-corrected chi connectivity index (χ1v) is 3.41. The van der Waals surface area contributed by atoms with Crippen LogP contribution in [-0.4, -0.2) is 0 Å². The Hall–Kier alpha value is -0.520. The number of allylic oxidation sites excluding steroid dienone is 3. The van der Waals surface area contributed by atoms with Crippen molar-refractivity contribution in [1.82, 2.24) is 0 Å². The molecule has 0 aliphatic rings. The minimum Gasteiger partial charge on any atom is -0.0956 e. The molecule has 0 aromatic rings. The Morgan fingerprint density at radius 3 is 1.78 bits per heavy atom. The van der Waals surface area contributed by atoms with E-state index in [1.807, 2.05) is 0 Å². The van der Waals surface area contributed by atoms with Gasteiger partial charge in [-0.3, -0.25) is 0 Å². The van der Waals surface area contributed by atoms with Gasteiger partial charge in [-0.15, -0.1) is 0 Å². The van der Waals surface area contributed by atoms with Gasteiger partial charge >= 0.3 is 0 Å². The van der Waals surface area contributed by atoms with Gasteiger partial charge < -0.3 is 0 Å². The van der Waals surface area contributed by atoms with Gasteiger partial charge in [0.15, 0.2) is 0 Å². The minimum absolute atomic E-state index is 1.07. The highest BCUT2D eigenvalue weighted by atomic mass is 14.0. The van der Waals surface area contributed by atoms with Crippen molar-refractivity contribution in [3.8, 4) is 0 Å². The molecule has 0 amide bonds. The third-order valence-electron chi connectivity index (χ3n) is 1.71. The van der Waals surface area contributed by atoms with E-state index in [0.717, 1.165) is 6.42 Å². The van der Waals surface area contributed by atoms with E-state index in [1.54, 1.807) is 0 Å². The maximum absolute atomic E-state index is 3.94. The number of hydrogen-bond acceptors (Lipinski definition) is 0. The molecular weight excluding hydrogens is 108 g/mol. The predicted molar refractivity (Wildman–Crippen MR) is 43.5 cm³/mol. The zero-order valence-electron chi connectivity index (χ0n) is 6.91. The Labute approximate surface area is 58.3 Å². The molecule has 0 aliphatic carbocycles. The fraction of sp³-hybridized carbons (Fsp3) is 0.556. The van der Waals surface area contributed by atoms with Gasteiger partial charge in [-0.2, -0.15) is 0 Å². The van der Waals surface area contributed by atoms with Gasteiger partial charge in [-0.1, -0.05) is 24.6 Å². The monoisotopic (exact) mass is 124 g/mol. The Balaban J connectivity index is 4.21. The van der Waals surface area contributed by atoms with Crippen molar-refractivity contribution in [2.75, 3.05) is 0 Å². The normalized spacial score (nSPS) is 8.89. The lowest BCUT2D eigenvalue weighted by Crippen LogP contribution is -1.83. The first kappa shape index (κ1) is 8.48. The molecule has 0 saturated heterocycles. The summed E-state index contributed by atoms with van der Waals surface area (Å²) < 4.78 is 0. The van der Waals surface area contributed by atoms with E-state index < -0.39 is 0 Å². The Kier molecular flexibility index (Phi) is 3.29. The van der Waals surface area contributed by atoms with Crippen molar-refractivity contribution in [2.24, 2.45) is 0 Å². The predicted octanol–water partition coefficient (Wildman–Crippen LogP) is 3.31. The van der Waals surface area contributed by atoms with Crippen molar-refractivity contribution >= 4 is 0 Å². The fourth-order valence-electron chi connectivity index (χ4n) is 0.619. The van der Waals surface area contributed by atoms with Crippen molar-refractivity contribution in [2.45, 2.75) is 34.1 Å². The highest BCUT2D eigenvalue weighted by Crippen LogP contribution is 2.13. The molecule has 0 spiro atoms. The third kappa shape index (κ3) is 2.50. The van der Waals surface area contributed by atoms with Crippen LogP contribution in [0, 0.1) is 0 Å². The largest absolute Gasteiger partial charge is 0.0956 e. The van der Waals surface area contributed by atoms with Crippen molar-refractivity contribution in [3.05, 3.63) is 23.3 Å². The van der Waals surface area contributed by atoms with Crippen LogP contribution in [-0.2, 0) is 0 Å². The van der Waals surface area contributed by atoms with Gasteiger partial charge in [0.2, 0.25) is 0 Å². The van der Waals surface area contributed by atoms with Crippen LogP contribution >= 0.6 is 0 Å². The summed E-state index contributed by atoms with van der Waals surface area (Å²) in [6, 6.07) is 0. The Morgan fingerprint density at radius 2 is 1.67 bits per heavy atom.